The second kappa shape index (κ2) is 56.1. The van der Waals surface area contributed by atoms with Crippen LogP contribution in [0.2, 0.25) is 0 Å². The lowest BCUT2D eigenvalue weighted by Gasteiger charge is -2.30. The zero-order valence-corrected chi connectivity index (χ0v) is 84.0. The number of phenols is 1. The zero-order valence-electron chi connectivity index (χ0n) is 79.2. The highest BCUT2D eigenvalue weighted by Gasteiger charge is 2.42. The number of phenolic OH excluding ortho intramolecular Hbond substituents is 1. The Labute approximate surface area is 787 Å². The molecule has 0 aromatic heterocycles. The van der Waals surface area contributed by atoms with E-state index in [-0.39, 0.29) is 40.2 Å². The molecule has 4 aliphatic rings. The minimum absolute atomic E-state index is 0.000344. The average Bonchev–Trinajstić information content (AvgIpc) is 0.762. The average molecular weight is 1930 g/mol. The van der Waals surface area contributed by atoms with Crippen LogP contribution in [0.1, 0.15) is 318 Å². The predicted octanol–water partition coefficient (Wildman–Crippen LogP) is 33.1. The topological polar surface area (TPSA) is 164 Å². The molecule has 11 unspecified atom stereocenters. The van der Waals surface area contributed by atoms with Gasteiger partial charge in [-0.2, -0.15) is 0 Å². The van der Waals surface area contributed by atoms with E-state index in [1.54, 1.807) is 12.1 Å². The van der Waals surface area contributed by atoms with Crippen LogP contribution in [0.15, 0.2) is 178 Å². The Balaban J connectivity index is 0.000000206. The van der Waals surface area contributed by atoms with Gasteiger partial charge in [0.1, 0.15) is 46.0 Å². The molecule has 15 heteroatoms. The molecule has 0 aliphatic heterocycles. The molecule has 0 fully saturated rings. The fourth-order valence-electron chi connectivity index (χ4n) is 17.0. The van der Waals surface area contributed by atoms with Crippen molar-refractivity contribution in [2.75, 3.05) is 45.0 Å². The van der Waals surface area contributed by atoms with Crippen LogP contribution in [-0.2, 0) is 4.74 Å². The maximum atomic E-state index is 13.3. The van der Waals surface area contributed by atoms with Gasteiger partial charge in [-0.3, -0.25) is 19.2 Å². The number of aromatic hydroxyl groups is 1. The van der Waals surface area contributed by atoms with Crippen molar-refractivity contribution in [3.05, 3.63) is 201 Å². The van der Waals surface area contributed by atoms with Gasteiger partial charge in [0.25, 0.3) is 0 Å². The molecule has 4 aliphatic carbocycles. The van der Waals surface area contributed by atoms with Gasteiger partial charge in [0.2, 0.25) is 0 Å². The van der Waals surface area contributed by atoms with Crippen LogP contribution in [0.25, 0.3) is 43.1 Å². The van der Waals surface area contributed by atoms with Crippen LogP contribution in [0, 0.1) is 65.1 Å². The molecule has 0 heterocycles. The molecule has 2 N–H and O–H groups in total. The number of alkyl halides is 1. The number of fused-ring (bicyclic) bond motifs is 8. The monoisotopic (exact) mass is 1920 g/mol. The van der Waals surface area contributed by atoms with Gasteiger partial charge in [-0.05, 0) is 284 Å². The van der Waals surface area contributed by atoms with E-state index < -0.39 is 23.7 Å². The van der Waals surface area contributed by atoms with Crippen LogP contribution in [-0.4, -0.2) is 78.3 Å². The maximum absolute atomic E-state index is 13.3. The van der Waals surface area contributed by atoms with Gasteiger partial charge >= 0.3 is 0 Å². The number of ether oxygens (including phenoxy) is 6. The number of carbonyl (C=O) groups excluding carboxylic acids is 4. The fourth-order valence-corrected chi connectivity index (χ4v) is 19.2. The lowest BCUT2D eigenvalue weighted by molar-refractivity contribution is 0.0792. The van der Waals surface area contributed by atoms with E-state index in [0.717, 1.165) is 114 Å². The first-order valence-corrected chi connectivity index (χ1v) is 51.6. The Morgan fingerprint density at radius 2 is 0.606 bits per heavy atom. The van der Waals surface area contributed by atoms with E-state index in [1.807, 2.05) is 24.3 Å². The van der Waals surface area contributed by atoms with E-state index in [4.69, 9.17) is 28.4 Å². The van der Waals surface area contributed by atoms with Gasteiger partial charge < -0.3 is 38.6 Å². The summed E-state index contributed by atoms with van der Waals surface area (Å²) in [7, 11) is 0. The summed E-state index contributed by atoms with van der Waals surface area (Å²) in [5.74, 6) is 7.06. The predicted molar refractivity (Wildman–Crippen MR) is 542 cm³/mol. The first-order chi connectivity index (χ1) is 61.6. The molecule has 12 nitrogen and oxygen atoms in total. The van der Waals surface area contributed by atoms with Crippen molar-refractivity contribution in [2.45, 2.75) is 277 Å². The van der Waals surface area contributed by atoms with Crippen molar-refractivity contribution < 1.29 is 57.8 Å². The molecule has 0 amide bonds. The summed E-state index contributed by atoms with van der Waals surface area (Å²) in [6.07, 6.45) is 44.4. The number of aliphatic hydroxyl groups is 1. The quantitative estimate of drug-likeness (QED) is 0.0274. The number of Topliss-reactive ketones (excluding diaryl/α,β-unsaturated/α-hetero) is 4. The third-order valence-electron chi connectivity index (χ3n) is 26.3. The number of hydrogen-bond acceptors (Lipinski definition) is 12. The molecule has 11 atom stereocenters. The van der Waals surface area contributed by atoms with Crippen molar-refractivity contribution in [3.8, 4) is 34.5 Å². The summed E-state index contributed by atoms with van der Waals surface area (Å²) >= 11 is 11.3. The molecular formula is C112H151Br3O12. The largest absolute Gasteiger partial charge is 0.508 e. The summed E-state index contributed by atoms with van der Waals surface area (Å²) in [6.45, 7) is 35.9. The van der Waals surface area contributed by atoms with Crippen molar-refractivity contribution in [1.82, 2.24) is 0 Å². The lowest BCUT2D eigenvalue weighted by Crippen LogP contribution is -2.36. The van der Waals surface area contributed by atoms with Gasteiger partial charge in [0.05, 0.1) is 63.3 Å². The summed E-state index contributed by atoms with van der Waals surface area (Å²) in [5.41, 5.74) is 1.54. The molecule has 0 radical (unpaired) electrons. The van der Waals surface area contributed by atoms with Crippen LogP contribution in [0.5, 0.6) is 34.5 Å². The lowest BCUT2D eigenvalue weighted by atomic mass is 9.72. The molecule has 0 saturated carbocycles. The standard InChI is InChI=1S/C30H40Br2O2.C30H42O4.C30H42O2.C14H10O4.C8H17Br/c2*1-5-9-11-21(7-3)19-33-23-13-15-25-27(17-23)29(31)26-16-14-24(18-28(26)30(25)32)34-20-22(8-4)12-10-6-2;1-5-9-11-23(7-3)21-31-29-15-13-25-18-28-20-30(16-14-26(28)17-27(25)19-29)32-22-24(8-4)12-10-6-2;15-7-1-3-9-11(5-7)14(18)10-4-2-8(16)6-12(10)13(9)17;1-3-5-6-8(4-2)7-9/h13-18,21-22H,5-12,19-20H2,1-4H3;13-18,21-22,25,27H,5-12,19-20H2,1-4H3;13-20,23-24H,5-12,21-22H2,1-4H3;1-6,9,11,15-16H;8H,3-7H2,1-2H3. The Bertz CT molecular complexity index is 4710. The van der Waals surface area contributed by atoms with E-state index in [1.165, 1.54) is 215 Å². The van der Waals surface area contributed by atoms with Crippen molar-refractivity contribution in [3.63, 3.8) is 0 Å². The highest BCUT2D eigenvalue weighted by Crippen LogP contribution is 2.44. The SMILES string of the molecule is CCCCC(CC)CBr.CCCCC(CC)COC1=CC2C(=O)c3ccc(OCC(CC)CCCC)cc3C(=O)C2C=C1.CCCCC(CC)COc1ccc2c(Br)c3cc(OCC(CC)CCCC)ccc3c(Br)c2c1.CCCCC(CC)COc1ccc2cc3cc(OCC(CC)CCCC)ccc3cc2c1.O=C1c2ccc(O)cc2C(=O)C2C=CC(O)=CC12. The minimum Gasteiger partial charge on any atom is -0.508 e. The van der Waals surface area contributed by atoms with Gasteiger partial charge in [0.15, 0.2) is 23.1 Å². The Kier molecular flexibility index (Phi) is 46.2. The molecule has 692 valence electrons. The molecule has 0 bridgehead atoms. The number of aliphatic hydroxyl groups excluding tert-OH is 1. The number of unbranched alkanes of at least 4 members (excludes halogenated alkanes) is 7. The first kappa shape index (κ1) is 105. The molecule has 0 saturated heterocycles. The smallest absolute Gasteiger partial charge is 0.171 e. The number of allylic oxidation sites excluding steroid dienone is 6. The minimum atomic E-state index is -0.639. The summed E-state index contributed by atoms with van der Waals surface area (Å²) in [6, 6.07) is 39.9. The van der Waals surface area contributed by atoms with Crippen LogP contribution >= 0.6 is 47.8 Å². The third-order valence-corrected chi connectivity index (χ3v) is 28.9. The van der Waals surface area contributed by atoms with Crippen molar-refractivity contribution in [2.24, 2.45) is 65.1 Å². The van der Waals surface area contributed by atoms with Gasteiger partial charge in [-0.15, -0.1) is 0 Å². The number of ketones is 4. The summed E-state index contributed by atoms with van der Waals surface area (Å²) in [5, 5.41) is 29.6. The number of hydrogen-bond donors (Lipinski definition) is 2. The molecule has 8 aromatic rings. The highest BCUT2D eigenvalue weighted by atomic mass is 79.9. The van der Waals surface area contributed by atoms with E-state index in [0.29, 0.717) is 76.9 Å². The Morgan fingerprint density at radius 3 is 0.976 bits per heavy atom. The van der Waals surface area contributed by atoms with Crippen molar-refractivity contribution >= 4 is 114 Å². The second-order valence-electron chi connectivity index (χ2n) is 35.7. The second-order valence-corrected chi connectivity index (χ2v) is 38.0. The summed E-state index contributed by atoms with van der Waals surface area (Å²) < 4.78 is 39.1. The number of carbonyl (C=O) groups is 4. The maximum Gasteiger partial charge on any atom is 0.171 e. The Morgan fingerprint density at radius 1 is 0.299 bits per heavy atom. The van der Waals surface area contributed by atoms with E-state index in [2.05, 4.69) is 230 Å². The summed E-state index contributed by atoms with van der Waals surface area (Å²) in [4.78, 5) is 51.0. The van der Waals surface area contributed by atoms with Crippen molar-refractivity contribution in [1.29, 1.82) is 0 Å². The fraction of sp³-hybridized carbons (Fsp3) is 0.536. The Hall–Kier alpha value is -7.72. The number of benzene rings is 8. The molecule has 0 spiro atoms. The van der Waals surface area contributed by atoms with Gasteiger partial charge in [-0.1, -0.05) is 272 Å². The normalized spacial score (nSPS) is 17.1. The van der Waals surface area contributed by atoms with E-state index in [9.17, 15) is 29.4 Å². The highest BCUT2D eigenvalue weighted by molar-refractivity contribution is 9.11. The molecule has 127 heavy (non-hydrogen) atoms. The zero-order chi connectivity index (χ0) is 91.7. The van der Waals surface area contributed by atoms with Crippen LogP contribution < -0.4 is 23.7 Å². The van der Waals surface area contributed by atoms with E-state index >= 15 is 0 Å². The number of rotatable bonds is 47. The van der Waals surface area contributed by atoms with Gasteiger partial charge in [0, 0.05) is 47.3 Å². The molecular weight excluding hydrogens is 1780 g/mol. The molecule has 8 aromatic carbocycles. The van der Waals surface area contributed by atoms with Gasteiger partial charge in [-0.25, -0.2) is 0 Å². The van der Waals surface area contributed by atoms with Crippen LogP contribution in [0.3, 0.4) is 0 Å². The van der Waals surface area contributed by atoms with Crippen LogP contribution in [0.4, 0.5) is 0 Å². The molecule has 12 rings (SSSR count). The third kappa shape index (κ3) is 31.2. The number of halogens is 3. The first-order valence-electron chi connectivity index (χ1n) is 48.9.